The van der Waals surface area contributed by atoms with E-state index in [0.29, 0.717) is 10.0 Å². The van der Waals surface area contributed by atoms with Crippen LogP contribution in [0.2, 0.25) is 0 Å². The molecule has 7 heteroatoms. The molecule has 2 amide bonds. The molecule has 2 aromatic rings. The van der Waals surface area contributed by atoms with Crippen molar-refractivity contribution in [3.05, 3.63) is 57.7 Å². The molecule has 1 aromatic carbocycles. The fourth-order valence-corrected chi connectivity index (χ4v) is 2.34. The molecule has 0 bridgehead atoms. The van der Waals surface area contributed by atoms with Gasteiger partial charge in [0.15, 0.2) is 0 Å². The van der Waals surface area contributed by atoms with Crippen LogP contribution in [-0.4, -0.2) is 16.8 Å². The Kier molecular flexibility index (Phi) is 5.23. The van der Waals surface area contributed by atoms with Gasteiger partial charge in [-0.3, -0.25) is 20.4 Å². The minimum atomic E-state index is -0.541. The van der Waals surface area contributed by atoms with Crippen molar-refractivity contribution in [2.75, 3.05) is 5.73 Å². The van der Waals surface area contributed by atoms with Gasteiger partial charge in [-0.2, -0.15) is 0 Å². The molecule has 0 radical (unpaired) electrons. The zero-order valence-electron chi connectivity index (χ0n) is 13.7. The molecule has 0 saturated carbocycles. The third-order valence-electron chi connectivity index (χ3n) is 3.43. The molecule has 1 aromatic heterocycles. The average Bonchev–Trinajstić information content (AvgIpc) is 2.53. The highest BCUT2D eigenvalue weighted by Gasteiger charge is 2.15. The summed E-state index contributed by atoms with van der Waals surface area (Å²) in [4.78, 5) is 28.1. The minimum absolute atomic E-state index is 0.00838. The number of nitrogens with two attached hydrogens (primary N) is 1. The van der Waals surface area contributed by atoms with Crippen molar-refractivity contribution in [2.24, 2.45) is 0 Å². The quantitative estimate of drug-likeness (QED) is 0.686. The number of hydrazine groups is 1. The summed E-state index contributed by atoms with van der Waals surface area (Å²) in [6, 6.07) is 8.76. The maximum atomic E-state index is 12.1. The van der Waals surface area contributed by atoms with Gasteiger partial charge in [-0.15, -0.1) is 0 Å². The lowest BCUT2D eigenvalue weighted by atomic mass is 9.87. The van der Waals surface area contributed by atoms with Crippen LogP contribution in [0, 0.1) is 0 Å². The summed E-state index contributed by atoms with van der Waals surface area (Å²) < 4.78 is 0.617. The number of anilines is 1. The summed E-state index contributed by atoms with van der Waals surface area (Å²) >= 11 is 3.22. The van der Waals surface area contributed by atoms with Crippen molar-refractivity contribution in [3.8, 4) is 0 Å². The van der Waals surface area contributed by atoms with Gasteiger partial charge in [-0.1, -0.05) is 32.9 Å². The number of hydrogen-bond donors (Lipinski definition) is 3. The number of halogens is 1. The highest BCUT2D eigenvalue weighted by Crippen LogP contribution is 2.22. The Labute approximate surface area is 148 Å². The lowest BCUT2D eigenvalue weighted by Crippen LogP contribution is -2.42. The molecule has 6 nitrogen and oxygen atoms in total. The van der Waals surface area contributed by atoms with Gasteiger partial charge in [0, 0.05) is 16.2 Å². The Morgan fingerprint density at radius 3 is 2.25 bits per heavy atom. The van der Waals surface area contributed by atoms with Crippen LogP contribution < -0.4 is 16.6 Å². The summed E-state index contributed by atoms with van der Waals surface area (Å²) in [6.45, 7) is 6.29. The van der Waals surface area contributed by atoms with E-state index in [0.717, 1.165) is 5.56 Å². The smallest absolute Gasteiger partial charge is 0.273 e. The van der Waals surface area contributed by atoms with Crippen LogP contribution in [0.1, 0.15) is 47.1 Å². The Morgan fingerprint density at radius 1 is 1.08 bits per heavy atom. The van der Waals surface area contributed by atoms with E-state index in [1.807, 2.05) is 12.1 Å². The number of nitrogen functional groups attached to an aromatic ring is 1. The zero-order valence-corrected chi connectivity index (χ0v) is 15.3. The molecule has 2 rings (SSSR count). The molecule has 1 heterocycles. The number of nitrogens with one attached hydrogen (secondary N) is 2. The fourth-order valence-electron chi connectivity index (χ4n) is 2.01. The second-order valence-corrected chi connectivity index (χ2v) is 7.24. The number of nitrogens with zero attached hydrogens (tertiary/aromatic N) is 1. The summed E-state index contributed by atoms with van der Waals surface area (Å²) in [5, 5.41) is 0. The summed E-state index contributed by atoms with van der Waals surface area (Å²) in [5.41, 5.74) is 12.1. The topological polar surface area (TPSA) is 97.1 Å². The molecule has 0 spiro atoms. The highest BCUT2D eigenvalue weighted by atomic mass is 79.9. The molecular formula is C17H19BrN4O2. The van der Waals surface area contributed by atoms with E-state index >= 15 is 0 Å². The standard InChI is InChI=1S/C17H19BrN4O2/c1-17(2,3)11-6-4-10(5-7-11)15(23)21-22-16(24)13-8-12(18)9-20-14(13)19/h4-9H,1-3H3,(H2,19,20)(H,21,23)(H,22,24). The van der Waals surface area contributed by atoms with Crippen LogP contribution in [0.15, 0.2) is 41.0 Å². The van der Waals surface area contributed by atoms with E-state index in [4.69, 9.17) is 5.73 Å². The van der Waals surface area contributed by atoms with Gasteiger partial charge in [0.25, 0.3) is 11.8 Å². The van der Waals surface area contributed by atoms with E-state index in [-0.39, 0.29) is 16.8 Å². The highest BCUT2D eigenvalue weighted by molar-refractivity contribution is 9.10. The third-order valence-corrected chi connectivity index (χ3v) is 3.87. The first kappa shape index (κ1) is 17.9. The number of hydrogen-bond acceptors (Lipinski definition) is 4. The van der Waals surface area contributed by atoms with E-state index in [1.54, 1.807) is 12.1 Å². The number of benzene rings is 1. The van der Waals surface area contributed by atoms with Gasteiger partial charge in [-0.25, -0.2) is 4.98 Å². The van der Waals surface area contributed by atoms with Gasteiger partial charge >= 0.3 is 0 Å². The van der Waals surface area contributed by atoms with Crippen LogP contribution in [0.3, 0.4) is 0 Å². The van der Waals surface area contributed by atoms with Crippen LogP contribution in [0.5, 0.6) is 0 Å². The normalized spacial score (nSPS) is 11.0. The molecule has 4 N–H and O–H groups in total. The number of pyridine rings is 1. The second kappa shape index (κ2) is 7.00. The van der Waals surface area contributed by atoms with Gasteiger partial charge in [-0.05, 0) is 45.1 Å². The minimum Gasteiger partial charge on any atom is -0.383 e. The molecule has 0 fully saturated rings. The van der Waals surface area contributed by atoms with Crippen LogP contribution >= 0.6 is 15.9 Å². The number of carbonyl (C=O) groups excluding carboxylic acids is 2. The predicted octanol–water partition coefficient (Wildman–Crippen LogP) is 2.80. The van der Waals surface area contributed by atoms with Crippen LogP contribution in [0.4, 0.5) is 5.82 Å². The van der Waals surface area contributed by atoms with E-state index in [1.165, 1.54) is 12.3 Å². The van der Waals surface area contributed by atoms with Crippen molar-refractivity contribution < 1.29 is 9.59 Å². The van der Waals surface area contributed by atoms with Crippen LogP contribution in [-0.2, 0) is 5.41 Å². The fraction of sp³-hybridized carbons (Fsp3) is 0.235. The molecular weight excluding hydrogens is 372 g/mol. The monoisotopic (exact) mass is 390 g/mol. The number of aromatic nitrogens is 1. The molecule has 0 aliphatic carbocycles. The third kappa shape index (κ3) is 4.32. The average molecular weight is 391 g/mol. The first-order valence-corrected chi connectivity index (χ1v) is 8.10. The molecule has 24 heavy (non-hydrogen) atoms. The van der Waals surface area contributed by atoms with Crippen LogP contribution in [0.25, 0.3) is 0 Å². The first-order chi connectivity index (χ1) is 11.2. The summed E-state index contributed by atoms with van der Waals surface area (Å²) in [6.07, 6.45) is 1.49. The molecule has 0 unspecified atom stereocenters. The molecule has 0 aliphatic heterocycles. The van der Waals surface area contributed by atoms with Gasteiger partial charge < -0.3 is 5.73 Å². The lowest BCUT2D eigenvalue weighted by Gasteiger charge is -2.19. The Bertz CT molecular complexity index is 767. The van der Waals surface area contributed by atoms with E-state index < -0.39 is 11.8 Å². The second-order valence-electron chi connectivity index (χ2n) is 6.32. The van der Waals surface area contributed by atoms with Gasteiger partial charge in [0.05, 0.1) is 5.56 Å². The molecule has 0 aliphatic rings. The molecule has 0 atom stereocenters. The predicted molar refractivity (Wildman–Crippen MR) is 96.4 cm³/mol. The summed E-state index contributed by atoms with van der Waals surface area (Å²) in [5.74, 6) is -0.870. The maximum Gasteiger partial charge on any atom is 0.273 e. The van der Waals surface area contributed by atoms with Gasteiger partial charge in [0.1, 0.15) is 5.82 Å². The summed E-state index contributed by atoms with van der Waals surface area (Å²) in [7, 11) is 0. The number of rotatable bonds is 2. The Hall–Kier alpha value is -2.41. The van der Waals surface area contributed by atoms with Crippen molar-refractivity contribution in [1.82, 2.24) is 15.8 Å². The first-order valence-electron chi connectivity index (χ1n) is 7.31. The molecule has 0 saturated heterocycles. The van der Waals surface area contributed by atoms with Crippen molar-refractivity contribution >= 4 is 33.6 Å². The lowest BCUT2D eigenvalue weighted by molar-refractivity contribution is 0.0847. The largest absolute Gasteiger partial charge is 0.383 e. The van der Waals surface area contributed by atoms with E-state index in [9.17, 15) is 9.59 Å². The van der Waals surface area contributed by atoms with E-state index in [2.05, 4.69) is 52.5 Å². The Balaban J connectivity index is 2.02. The maximum absolute atomic E-state index is 12.1. The van der Waals surface area contributed by atoms with Crippen molar-refractivity contribution in [3.63, 3.8) is 0 Å². The van der Waals surface area contributed by atoms with Gasteiger partial charge in [0.2, 0.25) is 0 Å². The number of amides is 2. The SMILES string of the molecule is CC(C)(C)c1ccc(C(=O)NNC(=O)c2cc(Br)cnc2N)cc1. The number of carbonyl (C=O) groups is 2. The zero-order chi connectivity index (χ0) is 17.9. The van der Waals surface area contributed by atoms with Crippen molar-refractivity contribution in [2.45, 2.75) is 26.2 Å². The Morgan fingerprint density at radius 2 is 1.67 bits per heavy atom. The molecule has 126 valence electrons. The van der Waals surface area contributed by atoms with Crippen molar-refractivity contribution in [1.29, 1.82) is 0 Å².